The SMILES string of the molecule is CCOc1ccc(Nc2cc(C(=O)N[C@@H]3CCCC[C@@H]3C)c3ccccc3n2)cc1. The molecule has 5 nitrogen and oxygen atoms in total. The molecule has 1 amide bonds. The van der Waals surface area contributed by atoms with Crippen molar-refractivity contribution < 1.29 is 9.53 Å². The Labute approximate surface area is 177 Å². The molecule has 4 rings (SSSR count). The Kier molecular flexibility index (Phi) is 6.17. The zero-order chi connectivity index (χ0) is 20.9. The molecule has 0 radical (unpaired) electrons. The Morgan fingerprint density at radius 1 is 1.10 bits per heavy atom. The zero-order valence-electron chi connectivity index (χ0n) is 17.7. The fraction of sp³-hybridized carbons (Fsp3) is 0.360. The van der Waals surface area contributed by atoms with E-state index in [4.69, 9.17) is 9.72 Å². The van der Waals surface area contributed by atoms with E-state index in [9.17, 15) is 4.79 Å². The number of hydrogen-bond acceptors (Lipinski definition) is 4. The number of pyridine rings is 1. The first-order valence-electron chi connectivity index (χ1n) is 10.8. The summed E-state index contributed by atoms with van der Waals surface area (Å²) in [4.78, 5) is 17.9. The van der Waals surface area contributed by atoms with Crippen molar-refractivity contribution in [3.63, 3.8) is 0 Å². The molecule has 1 fully saturated rings. The summed E-state index contributed by atoms with van der Waals surface area (Å²) in [6, 6.07) is 17.6. The first-order valence-corrected chi connectivity index (χ1v) is 10.8. The molecular weight excluding hydrogens is 374 g/mol. The maximum atomic E-state index is 13.2. The number of nitrogens with one attached hydrogen (secondary N) is 2. The number of carbonyl (C=O) groups excluding carboxylic acids is 1. The smallest absolute Gasteiger partial charge is 0.252 e. The van der Waals surface area contributed by atoms with Gasteiger partial charge in [0.1, 0.15) is 11.6 Å². The lowest BCUT2D eigenvalue weighted by Gasteiger charge is -2.29. The minimum absolute atomic E-state index is 0.0258. The minimum atomic E-state index is -0.0258. The molecule has 1 aliphatic rings. The highest BCUT2D eigenvalue weighted by molar-refractivity contribution is 6.07. The molecule has 0 bridgehead atoms. The lowest BCUT2D eigenvalue weighted by molar-refractivity contribution is 0.0912. The maximum absolute atomic E-state index is 13.2. The van der Waals surface area contributed by atoms with Gasteiger partial charge in [0.25, 0.3) is 5.91 Å². The van der Waals surface area contributed by atoms with Crippen LogP contribution in [0.3, 0.4) is 0 Å². The van der Waals surface area contributed by atoms with Crippen LogP contribution in [0.1, 0.15) is 49.9 Å². The molecule has 30 heavy (non-hydrogen) atoms. The number of hydrogen-bond donors (Lipinski definition) is 2. The number of nitrogens with zero attached hydrogens (tertiary/aromatic N) is 1. The van der Waals surface area contributed by atoms with E-state index in [1.807, 2.05) is 61.5 Å². The molecule has 0 saturated heterocycles. The van der Waals surface area contributed by atoms with Crippen LogP contribution in [0.25, 0.3) is 10.9 Å². The van der Waals surface area contributed by atoms with Crippen LogP contribution < -0.4 is 15.4 Å². The molecule has 0 unspecified atom stereocenters. The van der Waals surface area contributed by atoms with Gasteiger partial charge in [0, 0.05) is 17.1 Å². The number of fused-ring (bicyclic) bond motifs is 1. The van der Waals surface area contributed by atoms with Crippen molar-refractivity contribution >= 4 is 28.3 Å². The largest absolute Gasteiger partial charge is 0.494 e. The molecule has 0 spiro atoms. The number of aromatic nitrogens is 1. The summed E-state index contributed by atoms with van der Waals surface area (Å²) in [6.07, 6.45) is 4.65. The van der Waals surface area contributed by atoms with Gasteiger partial charge in [-0.25, -0.2) is 4.98 Å². The summed E-state index contributed by atoms with van der Waals surface area (Å²) >= 11 is 0. The molecule has 1 saturated carbocycles. The van der Waals surface area contributed by atoms with Gasteiger partial charge >= 0.3 is 0 Å². The lowest BCUT2D eigenvalue weighted by atomic mass is 9.86. The fourth-order valence-corrected chi connectivity index (χ4v) is 4.15. The van der Waals surface area contributed by atoms with E-state index < -0.39 is 0 Å². The summed E-state index contributed by atoms with van der Waals surface area (Å²) in [5, 5.41) is 7.48. The predicted octanol–water partition coefficient (Wildman–Crippen LogP) is 5.69. The van der Waals surface area contributed by atoms with Crippen molar-refractivity contribution in [3.8, 4) is 5.75 Å². The Morgan fingerprint density at radius 2 is 1.87 bits per heavy atom. The van der Waals surface area contributed by atoms with Crippen molar-refractivity contribution in [2.75, 3.05) is 11.9 Å². The molecular formula is C25H29N3O2. The summed E-state index contributed by atoms with van der Waals surface area (Å²) in [5.74, 6) is 1.97. The van der Waals surface area contributed by atoms with E-state index >= 15 is 0 Å². The molecule has 156 valence electrons. The second-order valence-corrected chi connectivity index (χ2v) is 8.00. The van der Waals surface area contributed by atoms with E-state index in [-0.39, 0.29) is 11.9 Å². The van der Waals surface area contributed by atoms with Crippen molar-refractivity contribution in [2.45, 2.75) is 45.6 Å². The topological polar surface area (TPSA) is 63.2 Å². The van der Waals surface area contributed by atoms with Crippen LogP contribution in [-0.4, -0.2) is 23.5 Å². The number of carbonyl (C=O) groups is 1. The molecule has 1 aromatic heterocycles. The van der Waals surface area contributed by atoms with Gasteiger partial charge in [0.2, 0.25) is 0 Å². The van der Waals surface area contributed by atoms with Crippen LogP contribution in [0, 0.1) is 5.92 Å². The number of anilines is 2. The third-order valence-electron chi connectivity index (χ3n) is 5.83. The predicted molar refractivity (Wildman–Crippen MR) is 122 cm³/mol. The van der Waals surface area contributed by atoms with Crippen LogP contribution in [0.5, 0.6) is 5.75 Å². The monoisotopic (exact) mass is 403 g/mol. The molecule has 2 atom stereocenters. The highest BCUT2D eigenvalue weighted by Crippen LogP contribution is 2.27. The van der Waals surface area contributed by atoms with Crippen LogP contribution in [0.15, 0.2) is 54.6 Å². The van der Waals surface area contributed by atoms with Gasteiger partial charge in [-0.3, -0.25) is 4.79 Å². The quantitative estimate of drug-likeness (QED) is 0.555. The summed E-state index contributed by atoms with van der Waals surface area (Å²) in [7, 11) is 0. The third kappa shape index (κ3) is 4.56. The number of rotatable bonds is 6. The maximum Gasteiger partial charge on any atom is 0.252 e. The molecule has 2 N–H and O–H groups in total. The summed E-state index contributed by atoms with van der Waals surface area (Å²) < 4.78 is 5.50. The number of ether oxygens (including phenoxy) is 1. The van der Waals surface area contributed by atoms with Crippen LogP contribution in [0.2, 0.25) is 0 Å². The summed E-state index contributed by atoms with van der Waals surface area (Å²) in [6.45, 7) is 4.83. The lowest BCUT2D eigenvalue weighted by Crippen LogP contribution is -2.41. The molecule has 0 aliphatic heterocycles. The molecule has 1 heterocycles. The van der Waals surface area contributed by atoms with Crippen molar-refractivity contribution in [3.05, 3.63) is 60.2 Å². The average molecular weight is 404 g/mol. The second kappa shape index (κ2) is 9.16. The average Bonchev–Trinajstić information content (AvgIpc) is 2.76. The molecule has 1 aliphatic carbocycles. The van der Waals surface area contributed by atoms with Crippen molar-refractivity contribution in [1.29, 1.82) is 0 Å². The van der Waals surface area contributed by atoms with Crippen molar-refractivity contribution in [1.82, 2.24) is 10.3 Å². The Balaban J connectivity index is 1.61. The normalized spacial score (nSPS) is 18.7. The van der Waals surface area contributed by atoms with Crippen LogP contribution in [-0.2, 0) is 0 Å². The zero-order valence-corrected chi connectivity index (χ0v) is 17.7. The summed E-state index contributed by atoms with van der Waals surface area (Å²) in [5.41, 5.74) is 2.36. The van der Waals surface area contributed by atoms with Gasteiger partial charge < -0.3 is 15.4 Å². The van der Waals surface area contributed by atoms with Crippen LogP contribution in [0.4, 0.5) is 11.5 Å². The van der Waals surface area contributed by atoms with E-state index in [0.717, 1.165) is 28.8 Å². The van der Waals surface area contributed by atoms with E-state index in [1.165, 1.54) is 19.3 Å². The van der Waals surface area contributed by atoms with E-state index in [1.54, 1.807) is 0 Å². The number of benzene rings is 2. The highest BCUT2D eigenvalue weighted by atomic mass is 16.5. The number of amides is 1. The Hall–Kier alpha value is -3.08. The molecule has 5 heteroatoms. The Morgan fingerprint density at radius 3 is 2.63 bits per heavy atom. The molecule has 2 aromatic carbocycles. The first kappa shape index (κ1) is 20.2. The van der Waals surface area contributed by atoms with Gasteiger partial charge in [-0.05, 0) is 62.1 Å². The first-order chi connectivity index (χ1) is 14.6. The molecule has 3 aromatic rings. The van der Waals surface area contributed by atoms with Gasteiger partial charge in [-0.1, -0.05) is 38.0 Å². The van der Waals surface area contributed by atoms with Crippen molar-refractivity contribution in [2.24, 2.45) is 5.92 Å². The number of para-hydroxylation sites is 1. The fourth-order valence-electron chi connectivity index (χ4n) is 4.15. The van der Waals surface area contributed by atoms with Gasteiger partial charge in [-0.2, -0.15) is 0 Å². The third-order valence-corrected chi connectivity index (χ3v) is 5.83. The van der Waals surface area contributed by atoms with Gasteiger partial charge in [-0.15, -0.1) is 0 Å². The standard InChI is InChI=1S/C25H29N3O2/c1-3-30-19-14-12-18(13-15-19)26-24-16-21(20-9-5-7-11-23(20)27-24)25(29)28-22-10-6-4-8-17(22)2/h5,7,9,11-17,22H,3-4,6,8,10H2,1-2H3,(H,26,27)(H,28,29)/t17-,22+/m0/s1. The van der Waals surface area contributed by atoms with E-state index in [0.29, 0.717) is 23.9 Å². The second-order valence-electron chi connectivity index (χ2n) is 8.00. The van der Waals surface area contributed by atoms with E-state index in [2.05, 4.69) is 17.6 Å². The highest BCUT2D eigenvalue weighted by Gasteiger charge is 2.24. The minimum Gasteiger partial charge on any atom is -0.494 e. The van der Waals surface area contributed by atoms with Gasteiger partial charge in [0.05, 0.1) is 17.7 Å². The van der Waals surface area contributed by atoms with Gasteiger partial charge in [0.15, 0.2) is 0 Å². The Bertz CT molecular complexity index is 1020. The van der Waals surface area contributed by atoms with Crippen LogP contribution >= 0.6 is 0 Å².